The quantitative estimate of drug-likeness (QED) is 0.588. The molecule has 0 saturated carbocycles. The number of fused-ring (bicyclic) bond motifs is 1. The van der Waals surface area contributed by atoms with Gasteiger partial charge in [-0.1, -0.05) is 11.6 Å². The number of thioether (sulfide) groups is 1. The molecule has 1 aliphatic rings. The molecular weight excluding hydrogens is 316 g/mol. The molecule has 2 aromatic rings. The third-order valence-electron chi connectivity index (χ3n) is 3.73. The summed E-state index contributed by atoms with van der Waals surface area (Å²) in [5, 5.41) is 29.9. The van der Waals surface area contributed by atoms with Crippen LogP contribution in [0.25, 0.3) is 11.0 Å². The van der Waals surface area contributed by atoms with Gasteiger partial charge in [-0.2, -0.15) is 4.98 Å². The molecule has 3 rings (SSSR count). The van der Waals surface area contributed by atoms with Crippen molar-refractivity contribution in [2.45, 2.75) is 29.3 Å². The van der Waals surface area contributed by atoms with Gasteiger partial charge in [0.2, 0.25) is 5.95 Å². The highest BCUT2D eigenvalue weighted by molar-refractivity contribution is 8.00. The van der Waals surface area contributed by atoms with Gasteiger partial charge in [-0.25, -0.2) is 4.98 Å². The molecule has 0 spiro atoms. The molecule has 1 saturated heterocycles. The summed E-state index contributed by atoms with van der Waals surface area (Å²) in [5.74, 6) is 0.0364. The fourth-order valence-electron chi connectivity index (χ4n) is 2.59. The molecule has 7 nitrogen and oxygen atoms in total. The molecule has 1 fully saturated rings. The first-order chi connectivity index (χ1) is 9.86. The number of anilines is 1. The van der Waals surface area contributed by atoms with Crippen LogP contribution in [0, 0.1) is 0 Å². The van der Waals surface area contributed by atoms with Crippen molar-refractivity contribution in [1.82, 2.24) is 14.5 Å². The smallest absolute Gasteiger partial charge is 0.223 e. The van der Waals surface area contributed by atoms with Crippen molar-refractivity contribution in [2.24, 2.45) is 0 Å². The van der Waals surface area contributed by atoms with E-state index in [0.29, 0.717) is 11.0 Å². The van der Waals surface area contributed by atoms with Gasteiger partial charge in [0.25, 0.3) is 0 Å². The topological polar surface area (TPSA) is 117 Å². The van der Waals surface area contributed by atoms with Crippen LogP contribution in [0.15, 0.2) is 12.3 Å². The molecule has 2 aromatic heterocycles. The molecule has 0 unspecified atom stereocenters. The Balaban J connectivity index is 2.13. The van der Waals surface area contributed by atoms with Crippen LogP contribution in [0.5, 0.6) is 0 Å². The van der Waals surface area contributed by atoms with Gasteiger partial charge in [0, 0.05) is 6.20 Å². The highest BCUT2D eigenvalue weighted by Gasteiger charge is 2.52. The lowest BCUT2D eigenvalue weighted by Gasteiger charge is -2.29. The van der Waals surface area contributed by atoms with Gasteiger partial charge >= 0.3 is 0 Å². The van der Waals surface area contributed by atoms with Crippen LogP contribution < -0.4 is 5.73 Å². The monoisotopic (exact) mass is 330 g/mol. The standard InChI is InChI=1S/C12H15ClN4O3S/c1-12(20)7(19)6(4-18)21-10(12)17-3-2-5-8(13)15-11(14)16-9(5)17/h2-3,6-7,10,18-20H,4H2,1H3,(H2,14,15,16)/t6-,7-,10-,12-/m1/s1. The third-order valence-corrected chi connectivity index (χ3v) is 5.74. The number of aromatic nitrogens is 3. The van der Waals surface area contributed by atoms with Crippen molar-refractivity contribution in [3.05, 3.63) is 17.4 Å². The molecular formula is C12H15ClN4O3S. The molecule has 0 radical (unpaired) electrons. The summed E-state index contributed by atoms with van der Waals surface area (Å²) >= 11 is 7.31. The summed E-state index contributed by atoms with van der Waals surface area (Å²) in [6.45, 7) is 1.30. The minimum Gasteiger partial charge on any atom is -0.395 e. The average molecular weight is 331 g/mol. The Labute approximate surface area is 129 Å². The SMILES string of the molecule is C[C@@]1(O)[C@H](O)[C@@H](CO)S[C@H]1n1ccc2c(Cl)nc(N)nc21. The van der Waals surface area contributed by atoms with Gasteiger partial charge in [0.15, 0.2) is 0 Å². The number of nitrogens with two attached hydrogens (primary N) is 1. The zero-order valence-electron chi connectivity index (χ0n) is 11.1. The Morgan fingerprint density at radius 3 is 2.86 bits per heavy atom. The number of aliphatic hydroxyl groups is 3. The van der Waals surface area contributed by atoms with Crippen LogP contribution in [-0.2, 0) is 0 Å². The molecule has 21 heavy (non-hydrogen) atoms. The maximum atomic E-state index is 10.6. The molecule has 5 N–H and O–H groups in total. The molecule has 0 bridgehead atoms. The molecule has 114 valence electrons. The van der Waals surface area contributed by atoms with Gasteiger partial charge in [0.1, 0.15) is 21.8 Å². The summed E-state index contributed by atoms with van der Waals surface area (Å²) < 4.78 is 1.70. The van der Waals surface area contributed by atoms with Gasteiger partial charge in [-0.15, -0.1) is 11.8 Å². The fraction of sp³-hybridized carbons (Fsp3) is 0.500. The van der Waals surface area contributed by atoms with E-state index in [-0.39, 0.29) is 17.7 Å². The van der Waals surface area contributed by atoms with E-state index in [4.69, 9.17) is 17.3 Å². The van der Waals surface area contributed by atoms with Crippen molar-refractivity contribution >= 4 is 40.3 Å². The summed E-state index contributed by atoms with van der Waals surface area (Å²) in [4.78, 5) is 8.04. The van der Waals surface area contributed by atoms with Crippen LogP contribution in [0.1, 0.15) is 12.3 Å². The average Bonchev–Trinajstić information content (AvgIpc) is 2.91. The number of halogens is 1. The van der Waals surface area contributed by atoms with E-state index in [2.05, 4.69) is 9.97 Å². The summed E-state index contributed by atoms with van der Waals surface area (Å²) in [6.07, 6.45) is 0.660. The van der Waals surface area contributed by atoms with Gasteiger partial charge in [0.05, 0.1) is 23.3 Å². The predicted molar refractivity (Wildman–Crippen MR) is 81.1 cm³/mol. The van der Waals surface area contributed by atoms with E-state index < -0.39 is 22.3 Å². The normalized spacial score (nSPS) is 32.9. The maximum Gasteiger partial charge on any atom is 0.223 e. The van der Waals surface area contributed by atoms with Crippen molar-refractivity contribution in [2.75, 3.05) is 12.3 Å². The number of hydrogen-bond acceptors (Lipinski definition) is 7. The van der Waals surface area contributed by atoms with Gasteiger partial charge in [-0.3, -0.25) is 0 Å². The fourth-order valence-corrected chi connectivity index (χ4v) is 4.38. The molecule has 1 aliphatic heterocycles. The minimum absolute atomic E-state index is 0.0364. The molecule has 0 aliphatic carbocycles. The maximum absolute atomic E-state index is 10.6. The number of nitrogens with zero attached hydrogens (tertiary/aromatic N) is 3. The molecule has 4 atom stereocenters. The van der Waals surface area contributed by atoms with Crippen LogP contribution in [0.3, 0.4) is 0 Å². The number of nitrogen functional groups attached to an aromatic ring is 1. The molecule has 9 heteroatoms. The van der Waals surface area contributed by atoms with E-state index in [1.54, 1.807) is 16.8 Å². The molecule has 3 heterocycles. The van der Waals surface area contributed by atoms with Gasteiger partial charge < -0.3 is 25.6 Å². The van der Waals surface area contributed by atoms with E-state index in [0.717, 1.165) is 0 Å². The van der Waals surface area contributed by atoms with Crippen LogP contribution >= 0.6 is 23.4 Å². The summed E-state index contributed by atoms with van der Waals surface area (Å²) in [5.41, 5.74) is 4.68. The van der Waals surface area contributed by atoms with Gasteiger partial charge in [-0.05, 0) is 13.0 Å². The third kappa shape index (κ3) is 2.18. The van der Waals surface area contributed by atoms with Crippen LogP contribution in [0.4, 0.5) is 5.95 Å². The Morgan fingerprint density at radius 1 is 1.52 bits per heavy atom. The van der Waals surface area contributed by atoms with E-state index in [9.17, 15) is 15.3 Å². The molecule has 0 amide bonds. The second kappa shape index (κ2) is 4.99. The Hall–Kier alpha value is -1.06. The lowest BCUT2D eigenvalue weighted by atomic mass is 9.96. The second-order valence-corrected chi connectivity index (χ2v) is 6.90. The van der Waals surface area contributed by atoms with Crippen molar-refractivity contribution < 1.29 is 15.3 Å². The van der Waals surface area contributed by atoms with Crippen molar-refractivity contribution in [1.29, 1.82) is 0 Å². The Bertz CT molecular complexity index is 692. The largest absolute Gasteiger partial charge is 0.395 e. The minimum atomic E-state index is -1.42. The highest BCUT2D eigenvalue weighted by Crippen LogP contribution is 2.49. The molecule has 0 aromatic carbocycles. The van der Waals surface area contributed by atoms with E-state index in [1.165, 1.54) is 18.7 Å². The van der Waals surface area contributed by atoms with Crippen molar-refractivity contribution in [3.8, 4) is 0 Å². The van der Waals surface area contributed by atoms with Crippen molar-refractivity contribution in [3.63, 3.8) is 0 Å². The number of hydrogen-bond donors (Lipinski definition) is 4. The van der Waals surface area contributed by atoms with E-state index >= 15 is 0 Å². The lowest BCUT2D eigenvalue weighted by Crippen LogP contribution is -2.44. The second-order valence-electron chi connectivity index (χ2n) is 5.21. The van der Waals surface area contributed by atoms with Crippen LogP contribution in [-0.4, -0.2) is 53.4 Å². The Morgan fingerprint density at radius 2 is 2.24 bits per heavy atom. The number of aliphatic hydroxyl groups excluding tert-OH is 2. The summed E-state index contributed by atoms with van der Waals surface area (Å²) in [6, 6.07) is 1.73. The van der Waals surface area contributed by atoms with Crippen LogP contribution in [0.2, 0.25) is 5.15 Å². The number of rotatable bonds is 2. The Kier molecular flexibility index (Phi) is 3.53. The first-order valence-electron chi connectivity index (χ1n) is 6.32. The zero-order chi connectivity index (χ0) is 15.4. The predicted octanol–water partition coefficient (Wildman–Crippen LogP) is 0.385. The first-order valence-corrected chi connectivity index (χ1v) is 7.64. The highest BCUT2D eigenvalue weighted by atomic mass is 35.5. The zero-order valence-corrected chi connectivity index (χ0v) is 12.7. The summed E-state index contributed by atoms with van der Waals surface area (Å²) in [7, 11) is 0. The van der Waals surface area contributed by atoms with E-state index in [1.807, 2.05) is 0 Å². The first kappa shape index (κ1) is 14.9. The lowest BCUT2D eigenvalue weighted by molar-refractivity contribution is -0.0671.